The van der Waals surface area contributed by atoms with E-state index < -0.39 is 0 Å². The Balaban J connectivity index is 2.12. The molecule has 0 spiro atoms. The molecule has 0 radical (unpaired) electrons. The van der Waals surface area contributed by atoms with Crippen molar-refractivity contribution in [3.05, 3.63) is 47.4 Å². The predicted octanol–water partition coefficient (Wildman–Crippen LogP) is 2.39. The summed E-state index contributed by atoms with van der Waals surface area (Å²) < 4.78 is 5.22. The van der Waals surface area contributed by atoms with E-state index in [1.54, 1.807) is 17.2 Å². The summed E-state index contributed by atoms with van der Waals surface area (Å²) in [6.07, 6.45) is 4.31. The fraction of sp³-hybridized carbons (Fsp3) is 0.250. The fourth-order valence-corrected chi connectivity index (χ4v) is 1.60. The van der Waals surface area contributed by atoms with E-state index in [9.17, 15) is 4.79 Å². The zero-order valence-electron chi connectivity index (χ0n) is 9.84. The van der Waals surface area contributed by atoms with Gasteiger partial charge in [-0.15, -0.1) is 0 Å². The molecule has 0 aromatic carbocycles. The van der Waals surface area contributed by atoms with Gasteiger partial charge < -0.3 is 9.32 Å². The topological polar surface area (TPSA) is 59.2 Å². The van der Waals surface area contributed by atoms with Gasteiger partial charge in [0.15, 0.2) is 0 Å². The number of nitrogens with zero attached hydrogens (tertiary/aromatic N) is 3. The molecule has 0 N–H and O–H groups in total. The first kappa shape index (κ1) is 12.6. The van der Waals surface area contributed by atoms with Crippen LogP contribution >= 0.6 is 11.6 Å². The normalized spacial score (nSPS) is 10.3. The van der Waals surface area contributed by atoms with Crippen molar-refractivity contribution < 1.29 is 9.21 Å². The van der Waals surface area contributed by atoms with Crippen molar-refractivity contribution in [2.45, 2.75) is 13.5 Å². The Morgan fingerprint density at radius 3 is 2.83 bits per heavy atom. The minimum atomic E-state index is -0.196. The quantitative estimate of drug-likeness (QED) is 0.852. The van der Waals surface area contributed by atoms with Gasteiger partial charge in [0.25, 0.3) is 5.91 Å². The summed E-state index contributed by atoms with van der Waals surface area (Å²) >= 11 is 5.63. The summed E-state index contributed by atoms with van der Waals surface area (Å²) in [5.41, 5.74) is 0.271. The van der Waals surface area contributed by atoms with E-state index in [-0.39, 0.29) is 16.8 Å². The van der Waals surface area contributed by atoms with E-state index in [0.717, 1.165) is 5.76 Å². The van der Waals surface area contributed by atoms with E-state index in [1.807, 2.05) is 13.0 Å². The molecule has 0 atom stereocenters. The van der Waals surface area contributed by atoms with Crippen LogP contribution in [0.2, 0.25) is 5.15 Å². The first-order valence-corrected chi connectivity index (χ1v) is 5.87. The summed E-state index contributed by atoms with van der Waals surface area (Å²) in [7, 11) is 0. The van der Waals surface area contributed by atoms with Gasteiger partial charge in [0.05, 0.1) is 25.2 Å². The van der Waals surface area contributed by atoms with Crippen LogP contribution in [0.15, 0.2) is 35.2 Å². The Morgan fingerprint density at radius 2 is 2.28 bits per heavy atom. The first-order chi connectivity index (χ1) is 8.70. The van der Waals surface area contributed by atoms with Crippen LogP contribution in [0.5, 0.6) is 0 Å². The zero-order valence-corrected chi connectivity index (χ0v) is 10.6. The Hall–Kier alpha value is -1.88. The highest BCUT2D eigenvalue weighted by Crippen LogP contribution is 2.09. The van der Waals surface area contributed by atoms with Crippen molar-refractivity contribution in [2.24, 2.45) is 0 Å². The number of carbonyl (C=O) groups is 1. The predicted molar refractivity (Wildman–Crippen MR) is 66.2 cm³/mol. The first-order valence-electron chi connectivity index (χ1n) is 5.50. The third-order valence-corrected chi connectivity index (χ3v) is 2.63. The van der Waals surface area contributed by atoms with Crippen molar-refractivity contribution in [1.29, 1.82) is 0 Å². The van der Waals surface area contributed by atoms with Gasteiger partial charge in [0.1, 0.15) is 16.6 Å². The number of hydrogen-bond acceptors (Lipinski definition) is 4. The van der Waals surface area contributed by atoms with Gasteiger partial charge in [0, 0.05) is 6.54 Å². The van der Waals surface area contributed by atoms with Gasteiger partial charge in [-0.25, -0.2) is 9.97 Å². The number of halogens is 1. The molecule has 2 heterocycles. The van der Waals surface area contributed by atoms with Crippen molar-refractivity contribution >= 4 is 17.5 Å². The highest BCUT2D eigenvalue weighted by molar-refractivity contribution is 6.29. The Bertz CT molecular complexity index is 511. The number of aromatic nitrogens is 2. The number of furan rings is 1. The van der Waals surface area contributed by atoms with Crippen LogP contribution in [-0.2, 0) is 6.54 Å². The minimum Gasteiger partial charge on any atom is -0.467 e. The molecule has 0 unspecified atom stereocenters. The molecule has 5 nitrogen and oxygen atoms in total. The monoisotopic (exact) mass is 265 g/mol. The van der Waals surface area contributed by atoms with Gasteiger partial charge in [-0.1, -0.05) is 11.6 Å². The third-order valence-electron chi connectivity index (χ3n) is 2.44. The van der Waals surface area contributed by atoms with Gasteiger partial charge >= 0.3 is 0 Å². The summed E-state index contributed by atoms with van der Waals surface area (Å²) in [5.74, 6) is 0.533. The van der Waals surface area contributed by atoms with Crippen LogP contribution in [0.3, 0.4) is 0 Å². The smallest absolute Gasteiger partial charge is 0.274 e. The second-order valence-electron chi connectivity index (χ2n) is 3.62. The van der Waals surface area contributed by atoms with E-state index in [2.05, 4.69) is 9.97 Å². The summed E-state index contributed by atoms with van der Waals surface area (Å²) in [6.45, 7) is 2.86. The molecule has 1 amide bonds. The maximum atomic E-state index is 12.2. The average Bonchev–Trinajstić information content (AvgIpc) is 2.89. The largest absolute Gasteiger partial charge is 0.467 e. The minimum absolute atomic E-state index is 0.196. The summed E-state index contributed by atoms with van der Waals surface area (Å²) in [6, 6.07) is 3.61. The second kappa shape index (κ2) is 5.64. The number of carbonyl (C=O) groups excluding carboxylic acids is 1. The van der Waals surface area contributed by atoms with E-state index in [4.69, 9.17) is 16.0 Å². The molecule has 0 aliphatic heterocycles. The van der Waals surface area contributed by atoms with Crippen molar-refractivity contribution in [1.82, 2.24) is 14.9 Å². The third kappa shape index (κ3) is 2.87. The Kier molecular flexibility index (Phi) is 3.94. The molecule has 0 bridgehead atoms. The number of hydrogen-bond donors (Lipinski definition) is 0. The lowest BCUT2D eigenvalue weighted by molar-refractivity contribution is 0.0735. The maximum absolute atomic E-state index is 12.2. The molecule has 0 saturated heterocycles. The summed E-state index contributed by atoms with van der Waals surface area (Å²) in [4.78, 5) is 21.6. The molecule has 6 heteroatoms. The highest BCUT2D eigenvalue weighted by atomic mass is 35.5. The van der Waals surface area contributed by atoms with Crippen LogP contribution in [0.1, 0.15) is 23.2 Å². The second-order valence-corrected chi connectivity index (χ2v) is 4.01. The number of rotatable bonds is 4. The molecule has 2 rings (SSSR count). The molecule has 2 aromatic rings. The fourth-order valence-electron chi connectivity index (χ4n) is 1.50. The van der Waals surface area contributed by atoms with E-state index in [1.165, 1.54) is 12.4 Å². The van der Waals surface area contributed by atoms with Gasteiger partial charge in [-0.3, -0.25) is 4.79 Å². The zero-order chi connectivity index (χ0) is 13.0. The van der Waals surface area contributed by atoms with Crippen LogP contribution in [-0.4, -0.2) is 27.3 Å². The van der Waals surface area contributed by atoms with Crippen molar-refractivity contribution in [3.8, 4) is 0 Å². The van der Waals surface area contributed by atoms with Crippen LogP contribution in [0, 0.1) is 0 Å². The Labute approximate surface area is 109 Å². The van der Waals surface area contributed by atoms with Crippen LogP contribution < -0.4 is 0 Å². The number of amides is 1. The van der Waals surface area contributed by atoms with Gasteiger partial charge in [-0.2, -0.15) is 0 Å². The van der Waals surface area contributed by atoms with Crippen LogP contribution in [0.25, 0.3) is 0 Å². The summed E-state index contributed by atoms with van der Waals surface area (Å²) in [5, 5.41) is 0.264. The molecule has 0 saturated carbocycles. The lowest BCUT2D eigenvalue weighted by Gasteiger charge is -2.18. The van der Waals surface area contributed by atoms with E-state index in [0.29, 0.717) is 13.1 Å². The van der Waals surface area contributed by atoms with Gasteiger partial charge in [-0.05, 0) is 19.1 Å². The molecule has 94 valence electrons. The molecule has 0 aliphatic carbocycles. The molecular formula is C12H12ClN3O2. The average molecular weight is 266 g/mol. The maximum Gasteiger partial charge on any atom is 0.274 e. The SMILES string of the molecule is CCN(Cc1ccco1)C(=O)c1cnc(Cl)cn1. The Morgan fingerprint density at radius 1 is 1.44 bits per heavy atom. The van der Waals surface area contributed by atoms with Crippen LogP contribution in [0.4, 0.5) is 0 Å². The highest BCUT2D eigenvalue weighted by Gasteiger charge is 2.17. The van der Waals surface area contributed by atoms with Crippen molar-refractivity contribution in [3.63, 3.8) is 0 Å². The molecule has 2 aromatic heterocycles. The lowest BCUT2D eigenvalue weighted by Crippen LogP contribution is -2.30. The lowest BCUT2D eigenvalue weighted by atomic mass is 10.3. The molecular weight excluding hydrogens is 254 g/mol. The standard InChI is InChI=1S/C12H12ClN3O2/c1-2-16(8-9-4-3-5-18-9)12(17)10-6-15-11(13)7-14-10/h3-7H,2,8H2,1H3. The van der Waals surface area contributed by atoms with Crippen molar-refractivity contribution in [2.75, 3.05) is 6.54 Å². The van der Waals surface area contributed by atoms with E-state index >= 15 is 0 Å². The molecule has 0 fully saturated rings. The molecule has 0 aliphatic rings. The molecule has 18 heavy (non-hydrogen) atoms. The van der Waals surface area contributed by atoms with Gasteiger partial charge in [0.2, 0.25) is 0 Å².